The van der Waals surface area contributed by atoms with E-state index in [0.717, 1.165) is 30.9 Å². The highest BCUT2D eigenvalue weighted by molar-refractivity contribution is 6.01. The molecule has 0 spiro atoms. The van der Waals surface area contributed by atoms with E-state index in [-0.39, 0.29) is 23.7 Å². The molecule has 0 aliphatic carbocycles. The first-order valence-electron chi connectivity index (χ1n) is 16.0. The minimum absolute atomic E-state index is 0.192. The number of hydrogen-bond acceptors (Lipinski definition) is 6. The van der Waals surface area contributed by atoms with Crippen molar-refractivity contribution < 1.29 is 22.9 Å². The number of halogens is 2. The van der Waals surface area contributed by atoms with Gasteiger partial charge < -0.3 is 20.1 Å². The second-order valence-electron chi connectivity index (χ2n) is 11.5. The van der Waals surface area contributed by atoms with E-state index in [4.69, 9.17) is 4.52 Å². The first-order valence-corrected chi connectivity index (χ1v) is 16.0. The number of carbonyl (C=O) groups is 2. The summed E-state index contributed by atoms with van der Waals surface area (Å²) in [6.07, 6.45) is 3.24. The average molecular weight is 632 g/mol. The highest BCUT2D eigenvalue weighted by Crippen LogP contribution is 2.22. The van der Waals surface area contributed by atoms with Crippen LogP contribution in [0.25, 0.3) is 11.4 Å². The van der Waals surface area contributed by atoms with Crippen molar-refractivity contribution in [2.45, 2.75) is 72.4 Å². The van der Waals surface area contributed by atoms with Crippen molar-refractivity contribution in [2.75, 3.05) is 19.6 Å². The Bertz CT molecular complexity index is 1600. The molecule has 0 aliphatic heterocycles. The van der Waals surface area contributed by atoms with Crippen LogP contribution >= 0.6 is 0 Å². The monoisotopic (exact) mass is 631 g/mol. The number of rotatable bonds is 16. The fourth-order valence-corrected chi connectivity index (χ4v) is 5.44. The molecule has 0 radical (unpaired) electrons. The van der Waals surface area contributed by atoms with Crippen LogP contribution in [-0.4, -0.2) is 52.5 Å². The number of carbonyl (C=O) groups excluding carboxylic acids is 2. The van der Waals surface area contributed by atoms with Crippen molar-refractivity contribution in [3.05, 3.63) is 106 Å². The summed E-state index contributed by atoms with van der Waals surface area (Å²) < 4.78 is 33.3. The second kappa shape index (κ2) is 16.7. The molecule has 10 heteroatoms. The van der Waals surface area contributed by atoms with Gasteiger partial charge in [0.15, 0.2) is 0 Å². The fourth-order valence-electron chi connectivity index (χ4n) is 5.44. The molecule has 1 atom stereocenters. The fraction of sp³-hybridized carbons (Fsp3) is 0.389. The summed E-state index contributed by atoms with van der Waals surface area (Å²) in [5.74, 6) is -1.35. The molecule has 1 aromatic heterocycles. The number of hydrogen-bond donors (Lipinski definition) is 2. The summed E-state index contributed by atoms with van der Waals surface area (Å²) in [6.45, 7) is 10.2. The molecule has 244 valence electrons. The predicted octanol–water partition coefficient (Wildman–Crippen LogP) is 6.67. The largest absolute Gasteiger partial charge is 0.349 e. The van der Waals surface area contributed by atoms with Crippen molar-refractivity contribution >= 4 is 11.8 Å². The molecule has 0 fully saturated rings. The van der Waals surface area contributed by atoms with E-state index < -0.39 is 23.6 Å². The number of nitrogens with one attached hydrogen (secondary N) is 2. The Kier molecular flexibility index (Phi) is 12.5. The third-order valence-corrected chi connectivity index (χ3v) is 7.64. The molecule has 0 saturated heterocycles. The van der Waals surface area contributed by atoms with Gasteiger partial charge >= 0.3 is 0 Å². The Morgan fingerprint density at radius 2 is 1.59 bits per heavy atom. The van der Waals surface area contributed by atoms with Crippen molar-refractivity contribution in [3.63, 3.8) is 0 Å². The molecule has 8 nitrogen and oxygen atoms in total. The Morgan fingerprint density at radius 1 is 0.891 bits per heavy atom. The molecule has 46 heavy (non-hydrogen) atoms. The van der Waals surface area contributed by atoms with Gasteiger partial charge in [0.05, 0.1) is 0 Å². The minimum atomic E-state index is -0.677. The van der Waals surface area contributed by atoms with Gasteiger partial charge in [0.2, 0.25) is 11.7 Å². The van der Waals surface area contributed by atoms with Crippen LogP contribution in [0.2, 0.25) is 0 Å². The Labute approximate surface area is 269 Å². The summed E-state index contributed by atoms with van der Waals surface area (Å²) >= 11 is 0. The van der Waals surface area contributed by atoms with Gasteiger partial charge in [-0.1, -0.05) is 50.2 Å². The highest BCUT2D eigenvalue weighted by atomic mass is 19.1. The van der Waals surface area contributed by atoms with Gasteiger partial charge in [-0.15, -0.1) is 0 Å². The quantitative estimate of drug-likeness (QED) is 0.134. The van der Waals surface area contributed by atoms with E-state index in [1.54, 1.807) is 30.0 Å². The van der Waals surface area contributed by atoms with E-state index >= 15 is 0 Å². The van der Waals surface area contributed by atoms with E-state index in [1.165, 1.54) is 17.7 Å². The van der Waals surface area contributed by atoms with Gasteiger partial charge in [-0.25, -0.2) is 8.78 Å². The van der Waals surface area contributed by atoms with Crippen LogP contribution in [0, 0.1) is 18.6 Å². The van der Waals surface area contributed by atoms with Crippen molar-refractivity contribution in [2.24, 2.45) is 0 Å². The maximum atomic E-state index is 14.1. The highest BCUT2D eigenvalue weighted by Gasteiger charge is 2.22. The summed E-state index contributed by atoms with van der Waals surface area (Å²) in [4.78, 5) is 33.5. The lowest BCUT2D eigenvalue weighted by atomic mass is 10.0. The SMILES string of the molecule is CCCN(CCC)C(=O)c1cc(C(=O)N[C@H](CCNCc2cccc(CC)c2)Cc2cc(F)cc(F)c2)cc(-c2noc(C)n2)c1. The van der Waals surface area contributed by atoms with E-state index in [0.29, 0.717) is 55.2 Å². The van der Waals surface area contributed by atoms with E-state index in [9.17, 15) is 18.4 Å². The number of amides is 2. The van der Waals surface area contributed by atoms with Crippen LogP contribution < -0.4 is 10.6 Å². The topological polar surface area (TPSA) is 100 Å². The predicted molar refractivity (Wildman–Crippen MR) is 174 cm³/mol. The second-order valence-corrected chi connectivity index (χ2v) is 11.5. The van der Waals surface area contributed by atoms with Crippen LogP contribution in [0.1, 0.15) is 83.3 Å². The maximum Gasteiger partial charge on any atom is 0.253 e. The summed E-state index contributed by atoms with van der Waals surface area (Å²) in [6, 6.07) is 16.1. The number of nitrogens with zero attached hydrogens (tertiary/aromatic N) is 3. The van der Waals surface area contributed by atoms with E-state index in [2.05, 4.69) is 45.9 Å². The molecule has 0 saturated carbocycles. The first-order chi connectivity index (χ1) is 22.2. The Hall–Kier alpha value is -4.44. The van der Waals surface area contributed by atoms with Gasteiger partial charge in [-0.3, -0.25) is 9.59 Å². The van der Waals surface area contributed by atoms with Crippen molar-refractivity contribution in [1.82, 2.24) is 25.7 Å². The van der Waals surface area contributed by atoms with Crippen molar-refractivity contribution in [3.8, 4) is 11.4 Å². The standard InChI is InChI=1S/C36H43F2N5O3/c1-5-13-43(14-6-2)36(45)30-20-28(34-40-24(4)46-42-34)19-29(21-30)35(44)41-33(18-27-16-31(37)22-32(38)17-27)11-12-39-23-26-10-8-9-25(7-3)15-26/h8-10,15-17,19-22,33,39H,5-7,11-14,18,23H2,1-4H3,(H,41,44)/t33-/m1/s1. The van der Waals surface area contributed by atoms with Crippen LogP contribution in [0.15, 0.2) is 65.2 Å². The molecule has 0 unspecified atom stereocenters. The molecule has 3 aromatic carbocycles. The molecular formula is C36H43F2N5O3. The zero-order valence-corrected chi connectivity index (χ0v) is 27.0. The number of benzene rings is 3. The third kappa shape index (κ3) is 9.78. The summed E-state index contributed by atoms with van der Waals surface area (Å²) in [7, 11) is 0. The van der Waals surface area contributed by atoms with Crippen LogP contribution in [0.5, 0.6) is 0 Å². The lowest BCUT2D eigenvalue weighted by Gasteiger charge is -2.23. The van der Waals surface area contributed by atoms with Crippen LogP contribution in [0.3, 0.4) is 0 Å². The first kappa shape index (κ1) is 34.4. The van der Waals surface area contributed by atoms with Crippen LogP contribution in [-0.2, 0) is 19.4 Å². The summed E-state index contributed by atoms with van der Waals surface area (Å²) in [5, 5.41) is 10.5. The number of aryl methyl sites for hydroxylation is 2. The lowest BCUT2D eigenvalue weighted by Crippen LogP contribution is -2.39. The molecule has 0 bridgehead atoms. The van der Waals surface area contributed by atoms with Crippen molar-refractivity contribution in [1.29, 1.82) is 0 Å². The minimum Gasteiger partial charge on any atom is -0.349 e. The van der Waals surface area contributed by atoms with E-state index in [1.807, 2.05) is 19.9 Å². The van der Waals surface area contributed by atoms with Gasteiger partial charge in [0.25, 0.3) is 11.8 Å². The van der Waals surface area contributed by atoms with Gasteiger partial charge in [0, 0.05) is 55.4 Å². The maximum absolute atomic E-state index is 14.1. The molecule has 0 aliphatic rings. The normalized spacial score (nSPS) is 11.8. The molecule has 4 rings (SSSR count). The zero-order chi connectivity index (χ0) is 33.1. The molecular weight excluding hydrogens is 588 g/mol. The summed E-state index contributed by atoms with van der Waals surface area (Å²) in [5.41, 5.74) is 3.89. The molecule has 1 heterocycles. The average Bonchev–Trinajstić information content (AvgIpc) is 3.48. The molecule has 4 aromatic rings. The van der Waals surface area contributed by atoms with Crippen LogP contribution in [0.4, 0.5) is 8.78 Å². The number of aromatic nitrogens is 2. The lowest BCUT2D eigenvalue weighted by molar-refractivity contribution is 0.0755. The van der Waals surface area contributed by atoms with Gasteiger partial charge in [-0.05, 0) is 85.7 Å². The third-order valence-electron chi connectivity index (χ3n) is 7.64. The van der Waals surface area contributed by atoms with Gasteiger partial charge in [0.1, 0.15) is 11.6 Å². The Balaban J connectivity index is 1.58. The zero-order valence-electron chi connectivity index (χ0n) is 27.0. The molecule has 2 amide bonds. The Morgan fingerprint density at radius 3 is 2.24 bits per heavy atom. The van der Waals surface area contributed by atoms with Gasteiger partial charge in [-0.2, -0.15) is 4.98 Å². The molecule has 2 N–H and O–H groups in total. The smallest absolute Gasteiger partial charge is 0.253 e.